The van der Waals surface area contributed by atoms with Crippen molar-refractivity contribution in [3.05, 3.63) is 59.1 Å². The number of halogens is 1. The number of rotatable bonds is 11. The number of hydrogen-bond acceptors (Lipinski definition) is 6. The molecular formula is C24H32ClN3O3S. The SMILES string of the molecule is CCC(C)NCCOC(C)CS(=O)(=O)c1ccc(N2CCC(c3ccc(Cl)cc3)=N2)cc1. The largest absolute Gasteiger partial charge is 0.376 e. The second-order valence-electron chi connectivity index (χ2n) is 8.15. The topological polar surface area (TPSA) is 71.0 Å². The average Bonchev–Trinajstić information content (AvgIpc) is 3.27. The summed E-state index contributed by atoms with van der Waals surface area (Å²) < 4.78 is 31.2. The molecule has 0 spiro atoms. The lowest BCUT2D eigenvalue weighted by Gasteiger charge is -2.17. The van der Waals surface area contributed by atoms with E-state index in [0.717, 1.165) is 36.3 Å². The van der Waals surface area contributed by atoms with Gasteiger partial charge in [0.25, 0.3) is 0 Å². The molecule has 0 radical (unpaired) electrons. The Balaban J connectivity index is 1.57. The van der Waals surface area contributed by atoms with Crippen molar-refractivity contribution >= 4 is 32.8 Å². The summed E-state index contributed by atoms with van der Waals surface area (Å²) in [5.74, 6) is -0.0434. The number of nitrogens with one attached hydrogen (secondary N) is 1. The van der Waals surface area contributed by atoms with Gasteiger partial charge in [-0.1, -0.05) is 30.7 Å². The van der Waals surface area contributed by atoms with Gasteiger partial charge in [0.2, 0.25) is 0 Å². The zero-order chi connectivity index (χ0) is 23.1. The Kier molecular flexibility index (Phi) is 8.71. The minimum atomic E-state index is -3.43. The molecule has 174 valence electrons. The Morgan fingerprint density at radius 2 is 1.81 bits per heavy atom. The fourth-order valence-corrected chi connectivity index (χ4v) is 5.06. The van der Waals surface area contributed by atoms with Crippen LogP contribution in [0.2, 0.25) is 5.02 Å². The molecule has 0 aromatic heterocycles. The molecule has 32 heavy (non-hydrogen) atoms. The molecule has 3 rings (SSSR count). The van der Waals surface area contributed by atoms with Crippen LogP contribution in [0.25, 0.3) is 0 Å². The third kappa shape index (κ3) is 6.78. The van der Waals surface area contributed by atoms with E-state index in [0.29, 0.717) is 29.1 Å². The highest BCUT2D eigenvalue weighted by Gasteiger charge is 2.21. The Hall–Kier alpha value is -1.93. The number of hydrazone groups is 1. The maximum absolute atomic E-state index is 12.8. The van der Waals surface area contributed by atoms with Gasteiger partial charge in [-0.3, -0.25) is 5.01 Å². The molecule has 0 amide bonds. The number of nitrogens with zero attached hydrogens (tertiary/aromatic N) is 2. The molecule has 2 unspecified atom stereocenters. The van der Waals surface area contributed by atoms with Crippen molar-refractivity contribution in [2.24, 2.45) is 5.10 Å². The second-order valence-corrected chi connectivity index (χ2v) is 10.6. The molecule has 2 atom stereocenters. The molecule has 1 N–H and O–H groups in total. The highest BCUT2D eigenvalue weighted by atomic mass is 35.5. The maximum Gasteiger partial charge on any atom is 0.180 e. The fraction of sp³-hybridized carbons (Fsp3) is 0.458. The molecule has 0 saturated carbocycles. The summed E-state index contributed by atoms with van der Waals surface area (Å²) in [5.41, 5.74) is 2.91. The molecule has 2 aromatic rings. The first-order chi connectivity index (χ1) is 15.3. The quantitative estimate of drug-likeness (QED) is 0.482. The van der Waals surface area contributed by atoms with Crippen molar-refractivity contribution in [2.45, 2.75) is 50.7 Å². The Morgan fingerprint density at radius 3 is 2.47 bits per heavy atom. The predicted molar refractivity (Wildman–Crippen MR) is 132 cm³/mol. The van der Waals surface area contributed by atoms with E-state index in [1.54, 1.807) is 19.1 Å². The molecule has 6 nitrogen and oxygen atoms in total. The number of benzene rings is 2. The third-order valence-electron chi connectivity index (χ3n) is 5.54. The summed E-state index contributed by atoms with van der Waals surface area (Å²) in [7, 11) is -3.43. The lowest BCUT2D eigenvalue weighted by Crippen LogP contribution is -2.31. The van der Waals surface area contributed by atoms with Gasteiger partial charge in [0.15, 0.2) is 9.84 Å². The van der Waals surface area contributed by atoms with Crippen LogP contribution in [0.5, 0.6) is 0 Å². The van der Waals surface area contributed by atoms with Gasteiger partial charge in [0.05, 0.1) is 34.8 Å². The van der Waals surface area contributed by atoms with E-state index in [1.807, 2.05) is 41.4 Å². The average molecular weight is 478 g/mol. The van der Waals surface area contributed by atoms with Crippen molar-refractivity contribution in [1.29, 1.82) is 0 Å². The first-order valence-electron chi connectivity index (χ1n) is 11.1. The summed E-state index contributed by atoms with van der Waals surface area (Å²) in [6.45, 7) is 7.98. The fourth-order valence-electron chi connectivity index (χ4n) is 3.48. The van der Waals surface area contributed by atoms with E-state index in [2.05, 4.69) is 19.2 Å². The van der Waals surface area contributed by atoms with E-state index in [9.17, 15) is 8.42 Å². The second kappa shape index (κ2) is 11.3. The molecule has 2 aromatic carbocycles. The molecule has 0 fully saturated rings. The highest BCUT2D eigenvalue weighted by molar-refractivity contribution is 7.91. The Labute approximate surface area is 196 Å². The van der Waals surface area contributed by atoms with Gasteiger partial charge in [0, 0.05) is 30.6 Å². The van der Waals surface area contributed by atoms with Gasteiger partial charge in [-0.15, -0.1) is 0 Å². The molecule has 8 heteroatoms. The molecule has 1 aliphatic rings. The van der Waals surface area contributed by atoms with E-state index in [-0.39, 0.29) is 11.9 Å². The number of hydrogen-bond donors (Lipinski definition) is 1. The number of sulfone groups is 1. The summed E-state index contributed by atoms with van der Waals surface area (Å²) in [4.78, 5) is 0.301. The summed E-state index contributed by atoms with van der Waals surface area (Å²) in [6, 6.07) is 15.0. The van der Waals surface area contributed by atoms with Crippen molar-refractivity contribution in [3.63, 3.8) is 0 Å². The molecule has 1 aliphatic heterocycles. The summed E-state index contributed by atoms with van der Waals surface area (Å²) in [5, 5.41) is 10.6. The predicted octanol–water partition coefficient (Wildman–Crippen LogP) is 4.52. The van der Waals surface area contributed by atoms with Gasteiger partial charge in [-0.2, -0.15) is 5.10 Å². The first kappa shape index (κ1) is 24.7. The zero-order valence-corrected chi connectivity index (χ0v) is 20.5. The molecule has 1 heterocycles. The Morgan fingerprint density at radius 1 is 1.12 bits per heavy atom. The molecular weight excluding hydrogens is 446 g/mol. The van der Waals surface area contributed by atoms with E-state index in [1.165, 1.54) is 0 Å². The lowest BCUT2D eigenvalue weighted by molar-refractivity contribution is 0.0815. The summed E-state index contributed by atoms with van der Waals surface area (Å²) in [6.07, 6.45) is 1.50. The monoisotopic (exact) mass is 477 g/mol. The van der Waals surface area contributed by atoms with E-state index in [4.69, 9.17) is 21.4 Å². The van der Waals surface area contributed by atoms with Crippen molar-refractivity contribution < 1.29 is 13.2 Å². The van der Waals surface area contributed by atoms with Crippen molar-refractivity contribution in [1.82, 2.24) is 5.32 Å². The van der Waals surface area contributed by atoms with E-state index >= 15 is 0 Å². The van der Waals surface area contributed by atoms with Crippen LogP contribution in [0.15, 0.2) is 58.5 Å². The van der Waals surface area contributed by atoms with Crippen LogP contribution in [0, 0.1) is 0 Å². The smallest absolute Gasteiger partial charge is 0.180 e. The first-order valence-corrected chi connectivity index (χ1v) is 13.1. The maximum atomic E-state index is 12.8. The van der Waals surface area contributed by atoms with Gasteiger partial charge in [-0.25, -0.2) is 8.42 Å². The van der Waals surface area contributed by atoms with Crippen molar-refractivity contribution in [2.75, 3.05) is 30.5 Å². The van der Waals surface area contributed by atoms with Gasteiger partial charge >= 0.3 is 0 Å². The van der Waals surface area contributed by atoms with Gasteiger partial charge < -0.3 is 10.1 Å². The third-order valence-corrected chi connectivity index (χ3v) is 7.69. The zero-order valence-electron chi connectivity index (χ0n) is 18.9. The number of anilines is 1. The Bertz CT molecular complexity index is 1010. The van der Waals surface area contributed by atoms with Crippen LogP contribution in [0.3, 0.4) is 0 Å². The van der Waals surface area contributed by atoms with Crippen molar-refractivity contribution in [3.8, 4) is 0 Å². The minimum absolute atomic E-state index is 0.0434. The van der Waals surface area contributed by atoms with Gasteiger partial charge in [0.1, 0.15) is 0 Å². The molecule has 0 aliphatic carbocycles. The minimum Gasteiger partial charge on any atom is -0.376 e. The van der Waals surface area contributed by atoms with Crippen LogP contribution in [0.1, 0.15) is 39.2 Å². The highest BCUT2D eigenvalue weighted by Crippen LogP contribution is 2.24. The van der Waals surface area contributed by atoms with Crippen LogP contribution >= 0.6 is 11.6 Å². The van der Waals surface area contributed by atoms with E-state index < -0.39 is 9.84 Å². The lowest BCUT2D eigenvalue weighted by atomic mass is 10.1. The summed E-state index contributed by atoms with van der Waals surface area (Å²) >= 11 is 5.96. The standard InChI is InChI=1S/C24H32ClN3O3S/c1-4-18(2)26-14-16-31-19(3)17-32(29,30)23-11-9-22(10-12-23)28-15-13-24(27-28)20-5-7-21(25)8-6-20/h5-12,18-19,26H,4,13-17H2,1-3H3. The normalized spacial score (nSPS) is 16.1. The van der Waals surface area contributed by atoms with Gasteiger partial charge in [-0.05, 0) is 62.2 Å². The molecule has 0 bridgehead atoms. The van der Waals surface area contributed by atoms with Crippen LogP contribution in [-0.2, 0) is 14.6 Å². The van der Waals surface area contributed by atoms with Crippen LogP contribution in [0.4, 0.5) is 5.69 Å². The van der Waals surface area contributed by atoms with Crippen LogP contribution in [-0.4, -0.2) is 51.7 Å². The number of ether oxygens (including phenoxy) is 1. The molecule has 0 saturated heterocycles. The van der Waals surface area contributed by atoms with Crippen LogP contribution < -0.4 is 10.3 Å².